The van der Waals surface area contributed by atoms with E-state index in [1.165, 1.54) is 17.8 Å². The first kappa shape index (κ1) is 16.1. The van der Waals surface area contributed by atoms with Crippen molar-refractivity contribution in [1.82, 2.24) is 4.90 Å². The minimum atomic E-state index is 0.158. The van der Waals surface area contributed by atoms with E-state index in [4.69, 9.17) is 5.73 Å². The molecule has 1 unspecified atom stereocenters. The second-order valence-electron chi connectivity index (χ2n) is 5.90. The summed E-state index contributed by atoms with van der Waals surface area (Å²) in [6.07, 6.45) is 3.47. The van der Waals surface area contributed by atoms with E-state index in [1.54, 1.807) is 0 Å². The zero-order valence-electron chi connectivity index (χ0n) is 12.9. The van der Waals surface area contributed by atoms with Crippen LogP contribution in [0.4, 0.5) is 0 Å². The van der Waals surface area contributed by atoms with Crippen molar-refractivity contribution >= 4 is 17.2 Å². The van der Waals surface area contributed by atoms with Gasteiger partial charge in [-0.2, -0.15) is 0 Å². The topological polar surface area (TPSA) is 46.3 Å². The minimum Gasteiger partial charge on any atom is -0.338 e. The molecule has 3 nitrogen and oxygen atoms in total. The summed E-state index contributed by atoms with van der Waals surface area (Å²) in [4.78, 5) is 16.3. The number of nitrogens with two attached hydrogens (primary N) is 1. The highest BCUT2D eigenvalue weighted by Gasteiger charge is 2.23. The van der Waals surface area contributed by atoms with Crippen molar-refractivity contribution in [2.24, 2.45) is 17.6 Å². The third-order valence-corrected chi connectivity index (χ3v) is 5.12. The summed E-state index contributed by atoms with van der Waals surface area (Å²) in [5, 5.41) is 0. The van der Waals surface area contributed by atoms with Gasteiger partial charge in [0.2, 0.25) is 0 Å². The predicted molar refractivity (Wildman–Crippen MR) is 88.3 cm³/mol. The number of hydrogen-bond donors (Lipinski definition) is 1. The Kier molecular flexibility index (Phi) is 5.84. The van der Waals surface area contributed by atoms with Crippen LogP contribution < -0.4 is 5.73 Å². The van der Waals surface area contributed by atoms with Crippen molar-refractivity contribution < 1.29 is 4.79 Å². The lowest BCUT2D eigenvalue weighted by Crippen LogP contribution is -2.31. The SMILES string of the molecule is CC(C)C1CCCN(C(=O)c2ccc(C#CCN)s2)CC1. The van der Waals surface area contributed by atoms with Crippen LogP contribution in [-0.2, 0) is 0 Å². The molecule has 1 fully saturated rings. The van der Waals surface area contributed by atoms with Gasteiger partial charge < -0.3 is 10.6 Å². The fourth-order valence-electron chi connectivity index (χ4n) is 2.81. The molecule has 0 spiro atoms. The second-order valence-corrected chi connectivity index (χ2v) is 6.98. The van der Waals surface area contributed by atoms with Crippen molar-refractivity contribution in [3.8, 4) is 11.8 Å². The van der Waals surface area contributed by atoms with Gasteiger partial charge >= 0.3 is 0 Å². The Bertz CT molecular complexity index is 538. The smallest absolute Gasteiger partial charge is 0.263 e. The molecular formula is C17H24N2OS. The molecule has 1 saturated heterocycles. The highest BCUT2D eigenvalue weighted by molar-refractivity contribution is 7.14. The predicted octanol–water partition coefficient (Wildman–Crippen LogP) is 2.96. The van der Waals surface area contributed by atoms with Crippen LogP contribution in [0.15, 0.2) is 12.1 Å². The van der Waals surface area contributed by atoms with Crippen LogP contribution in [0.5, 0.6) is 0 Å². The van der Waals surface area contributed by atoms with Crippen LogP contribution >= 0.6 is 11.3 Å². The average molecular weight is 304 g/mol. The van der Waals surface area contributed by atoms with Crippen LogP contribution in [0, 0.1) is 23.7 Å². The molecule has 2 heterocycles. The summed E-state index contributed by atoms with van der Waals surface area (Å²) in [5.74, 6) is 7.43. The first-order chi connectivity index (χ1) is 10.1. The highest BCUT2D eigenvalue weighted by atomic mass is 32.1. The Morgan fingerprint density at radius 3 is 2.95 bits per heavy atom. The molecule has 1 aliphatic heterocycles. The molecule has 0 bridgehead atoms. The molecule has 1 aromatic rings. The standard InChI is InChI=1S/C17H24N2OS/c1-13(2)14-5-4-11-19(12-9-14)17(20)16-8-7-15(21-16)6-3-10-18/h7-8,13-14H,4-5,9-12,18H2,1-2H3. The van der Waals surface area contributed by atoms with E-state index in [0.29, 0.717) is 12.5 Å². The Morgan fingerprint density at radius 2 is 2.24 bits per heavy atom. The van der Waals surface area contributed by atoms with Crippen molar-refractivity contribution in [2.75, 3.05) is 19.6 Å². The van der Waals surface area contributed by atoms with Crippen LogP contribution in [0.3, 0.4) is 0 Å². The van der Waals surface area contributed by atoms with E-state index >= 15 is 0 Å². The lowest BCUT2D eigenvalue weighted by atomic mass is 9.89. The number of rotatable bonds is 2. The molecule has 0 radical (unpaired) electrons. The molecule has 1 amide bonds. The maximum absolute atomic E-state index is 12.6. The maximum atomic E-state index is 12.6. The maximum Gasteiger partial charge on any atom is 0.263 e. The molecule has 1 aliphatic rings. The van der Waals surface area contributed by atoms with Gasteiger partial charge in [-0.1, -0.05) is 25.7 Å². The molecule has 2 rings (SSSR count). The molecule has 2 N–H and O–H groups in total. The second kappa shape index (κ2) is 7.63. The summed E-state index contributed by atoms with van der Waals surface area (Å²) in [6, 6.07) is 3.80. The molecular weight excluding hydrogens is 280 g/mol. The molecule has 1 aromatic heterocycles. The Labute approximate surface area is 131 Å². The van der Waals surface area contributed by atoms with E-state index < -0.39 is 0 Å². The molecule has 0 aromatic carbocycles. The average Bonchev–Trinajstić information content (AvgIpc) is 2.79. The van der Waals surface area contributed by atoms with Crippen LogP contribution in [0.2, 0.25) is 0 Å². The van der Waals surface area contributed by atoms with Crippen LogP contribution in [0.25, 0.3) is 0 Å². The molecule has 0 aliphatic carbocycles. The zero-order valence-corrected chi connectivity index (χ0v) is 13.7. The van der Waals surface area contributed by atoms with Gasteiger partial charge in [0.1, 0.15) is 0 Å². The largest absolute Gasteiger partial charge is 0.338 e. The van der Waals surface area contributed by atoms with Gasteiger partial charge in [0.25, 0.3) is 5.91 Å². The monoisotopic (exact) mass is 304 g/mol. The third kappa shape index (κ3) is 4.33. The zero-order chi connectivity index (χ0) is 15.2. The van der Waals surface area contributed by atoms with Gasteiger partial charge in [0, 0.05) is 13.1 Å². The number of carbonyl (C=O) groups excluding carboxylic acids is 1. The van der Waals surface area contributed by atoms with Crippen LogP contribution in [-0.4, -0.2) is 30.4 Å². The van der Waals surface area contributed by atoms with Gasteiger partial charge in [-0.05, 0) is 43.2 Å². The van der Waals surface area contributed by atoms with E-state index in [-0.39, 0.29) is 5.91 Å². The van der Waals surface area contributed by atoms with E-state index in [0.717, 1.165) is 41.6 Å². The Hall–Kier alpha value is -1.31. The van der Waals surface area contributed by atoms with Crippen molar-refractivity contribution in [3.05, 3.63) is 21.9 Å². The van der Waals surface area contributed by atoms with E-state index in [2.05, 4.69) is 25.7 Å². The normalized spacial score (nSPS) is 19.0. The summed E-state index contributed by atoms with van der Waals surface area (Å²) >= 11 is 1.47. The Balaban J connectivity index is 2.01. The summed E-state index contributed by atoms with van der Waals surface area (Å²) in [5.41, 5.74) is 5.37. The first-order valence-electron chi connectivity index (χ1n) is 7.70. The molecule has 114 valence electrons. The quantitative estimate of drug-likeness (QED) is 0.854. The fourth-order valence-corrected chi connectivity index (χ4v) is 3.65. The van der Waals surface area contributed by atoms with Gasteiger partial charge in [-0.3, -0.25) is 4.79 Å². The number of hydrogen-bond acceptors (Lipinski definition) is 3. The number of thiophene rings is 1. The Morgan fingerprint density at radius 1 is 1.43 bits per heavy atom. The third-order valence-electron chi connectivity index (χ3n) is 4.13. The van der Waals surface area contributed by atoms with E-state index in [9.17, 15) is 4.79 Å². The molecule has 4 heteroatoms. The fraction of sp³-hybridized carbons (Fsp3) is 0.588. The minimum absolute atomic E-state index is 0.158. The van der Waals surface area contributed by atoms with Gasteiger partial charge in [0.15, 0.2) is 0 Å². The highest BCUT2D eigenvalue weighted by Crippen LogP contribution is 2.26. The molecule has 21 heavy (non-hydrogen) atoms. The molecule has 0 saturated carbocycles. The number of nitrogens with zero attached hydrogens (tertiary/aromatic N) is 1. The number of amides is 1. The molecule has 1 atom stereocenters. The van der Waals surface area contributed by atoms with Gasteiger partial charge in [-0.15, -0.1) is 11.3 Å². The summed E-state index contributed by atoms with van der Waals surface area (Å²) in [7, 11) is 0. The number of likely N-dealkylation sites (tertiary alicyclic amines) is 1. The van der Waals surface area contributed by atoms with Gasteiger partial charge in [-0.25, -0.2) is 0 Å². The first-order valence-corrected chi connectivity index (χ1v) is 8.51. The van der Waals surface area contributed by atoms with Crippen molar-refractivity contribution in [3.63, 3.8) is 0 Å². The van der Waals surface area contributed by atoms with Crippen molar-refractivity contribution in [1.29, 1.82) is 0 Å². The van der Waals surface area contributed by atoms with Gasteiger partial charge in [0.05, 0.1) is 16.3 Å². The lowest BCUT2D eigenvalue weighted by Gasteiger charge is -2.21. The summed E-state index contributed by atoms with van der Waals surface area (Å²) < 4.78 is 0. The summed E-state index contributed by atoms with van der Waals surface area (Å²) in [6.45, 7) is 6.67. The van der Waals surface area contributed by atoms with Crippen molar-refractivity contribution in [2.45, 2.75) is 33.1 Å². The van der Waals surface area contributed by atoms with E-state index in [1.807, 2.05) is 17.0 Å². The lowest BCUT2D eigenvalue weighted by molar-refractivity contribution is 0.0763. The number of carbonyl (C=O) groups is 1. The van der Waals surface area contributed by atoms with Crippen LogP contribution in [0.1, 0.15) is 47.7 Å².